The van der Waals surface area contributed by atoms with Crippen LogP contribution in [0.1, 0.15) is 35.7 Å². The summed E-state index contributed by atoms with van der Waals surface area (Å²) < 4.78 is 32.4. The van der Waals surface area contributed by atoms with E-state index in [-0.39, 0.29) is 10.5 Å². The third-order valence-electron chi connectivity index (χ3n) is 5.30. The Hall–Kier alpha value is -2.59. The van der Waals surface area contributed by atoms with Gasteiger partial charge in [0.05, 0.1) is 23.8 Å². The number of rotatable bonds is 6. The van der Waals surface area contributed by atoms with Crippen LogP contribution in [0.2, 0.25) is 0 Å². The molecule has 1 N–H and O–H groups in total. The van der Waals surface area contributed by atoms with Gasteiger partial charge in [-0.15, -0.1) is 11.3 Å². The number of anilines is 1. The predicted octanol–water partition coefficient (Wildman–Crippen LogP) is 4.21. The fraction of sp³-hybridized carbons (Fsp3) is 0.304. The van der Waals surface area contributed by atoms with Gasteiger partial charge in [-0.1, -0.05) is 44.2 Å². The predicted molar refractivity (Wildman–Crippen MR) is 126 cm³/mol. The van der Waals surface area contributed by atoms with Crippen LogP contribution in [0, 0.1) is 0 Å². The minimum atomic E-state index is -3.67. The number of hydrogen-bond acceptors (Lipinski definition) is 6. The van der Waals surface area contributed by atoms with E-state index in [0.717, 1.165) is 11.3 Å². The zero-order chi connectivity index (χ0) is 22.7. The monoisotopic (exact) mass is 471 g/mol. The molecule has 1 saturated heterocycles. The number of carbonyl (C=O) groups excluding carboxylic acids is 1. The molecule has 1 aliphatic rings. The maximum absolute atomic E-state index is 12.9. The quantitative estimate of drug-likeness (QED) is 0.582. The van der Waals surface area contributed by atoms with E-state index in [4.69, 9.17) is 4.74 Å². The Bertz CT molecular complexity index is 1200. The van der Waals surface area contributed by atoms with Crippen molar-refractivity contribution in [2.24, 2.45) is 0 Å². The summed E-state index contributed by atoms with van der Waals surface area (Å²) in [6.45, 7) is 5.63. The third kappa shape index (κ3) is 4.91. The Morgan fingerprint density at radius 1 is 1.12 bits per heavy atom. The molecule has 3 aromatic rings. The van der Waals surface area contributed by atoms with E-state index < -0.39 is 15.9 Å². The number of morpholine rings is 1. The van der Waals surface area contributed by atoms with Crippen molar-refractivity contribution in [1.82, 2.24) is 9.29 Å². The van der Waals surface area contributed by atoms with Crippen LogP contribution < -0.4 is 5.32 Å². The Morgan fingerprint density at radius 3 is 2.53 bits per heavy atom. The van der Waals surface area contributed by atoms with E-state index in [1.807, 2.05) is 17.5 Å². The average molecular weight is 472 g/mol. The van der Waals surface area contributed by atoms with Gasteiger partial charge in [0, 0.05) is 29.6 Å². The maximum Gasteiger partial charge on any atom is 0.257 e. The van der Waals surface area contributed by atoms with Crippen molar-refractivity contribution < 1.29 is 17.9 Å². The smallest absolute Gasteiger partial charge is 0.257 e. The molecular formula is C23H25N3O4S2. The van der Waals surface area contributed by atoms with Gasteiger partial charge in [-0.2, -0.15) is 4.31 Å². The molecule has 2 heterocycles. The Kier molecular flexibility index (Phi) is 6.71. The molecule has 0 radical (unpaired) electrons. The van der Waals surface area contributed by atoms with E-state index in [9.17, 15) is 13.2 Å². The number of thiazole rings is 1. The molecule has 0 saturated carbocycles. The molecule has 0 atom stereocenters. The largest absolute Gasteiger partial charge is 0.379 e. The first kappa shape index (κ1) is 22.6. The summed E-state index contributed by atoms with van der Waals surface area (Å²) >= 11 is 1.33. The molecule has 0 spiro atoms. The number of carbonyl (C=O) groups is 1. The van der Waals surface area contributed by atoms with E-state index >= 15 is 0 Å². The summed E-state index contributed by atoms with van der Waals surface area (Å²) in [4.78, 5) is 17.4. The number of ether oxygens (including phenoxy) is 1. The minimum absolute atomic E-state index is 0.0946. The van der Waals surface area contributed by atoms with Crippen molar-refractivity contribution in [2.75, 3.05) is 31.6 Å². The van der Waals surface area contributed by atoms with Gasteiger partial charge in [0.2, 0.25) is 10.0 Å². The maximum atomic E-state index is 12.9. The molecule has 1 aromatic heterocycles. The van der Waals surface area contributed by atoms with E-state index in [0.29, 0.717) is 37.4 Å². The van der Waals surface area contributed by atoms with Crippen LogP contribution in [0.25, 0.3) is 11.3 Å². The molecule has 0 unspecified atom stereocenters. The van der Waals surface area contributed by atoms with Gasteiger partial charge >= 0.3 is 0 Å². The molecule has 0 aliphatic carbocycles. The summed E-state index contributed by atoms with van der Waals surface area (Å²) in [6.07, 6.45) is 0. The summed E-state index contributed by atoms with van der Waals surface area (Å²) in [6, 6.07) is 14.3. The summed E-state index contributed by atoms with van der Waals surface area (Å²) in [7, 11) is -3.67. The molecule has 32 heavy (non-hydrogen) atoms. The fourth-order valence-corrected chi connectivity index (χ4v) is 5.57. The van der Waals surface area contributed by atoms with Crippen LogP contribution >= 0.6 is 11.3 Å². The lowest BCUT2D eigenvalue weighted by Gasteiger charge is -2.26. The first-order chi connectivity index (χ1) is 15.3. The molecule has 1 aliphatic heterocycles. The van der Waals surface area contributed by atoms with Crippen LogP contribution in [0.15, 0.2) is 58.8 Å². The summed E-state index contributed by atoms with van der Waals surface area (Å²) in [5, 5.41) is 5.12. The second-order valence-electron chi connectivity index (χ2n) is 7.81. The molecule has 168 valence electrons. The lowest BCUT2D eigenvalue weighted by atomic mass is 10.0. The molecule has 0 bridgehead atoms. The lowest BCUT2D eigenvalue weighted by molar-refractivity contribution is 0.0730. The van der Waals surface area contributed by atoms with Crippen LogP contribution in [-0.2, 0) is 14.8 Å². The average Bonchev–Trinajstić information content (AvgIpc) is 3.28. The fourth-order valence-electron chi connectivity index (χ4n) is 3.41. The van der Waals surface area contributed by atoms with Gasteiger partial charge in [0.1, 0.15) is 0 Å². The lowest BCUT2D eigenvalue weighted by Crippen LogP contribution is -2.40. The second-order valence-corrected chi connectivity index (χ2v) is 10.6. The van der Waals surface area contributed by atoms with Gasteiger partial charge < -0.3 is 4.74 Å². The Labute approximate surface area is 192 Å². The van der Waals surface area contributed by atoms with E-state index in [1.54, 1.807) is 12.1 Å². The van der Waals surface area contributed by atoms with Crippen molar-refractivity contribution in [3.8, 4) is 11.3 Å². The highest BCUT2D eigenvalue weighted by atomic mass is 32.2. The second kappa shape index (κ2) is 9.50. The van der Waals surface area contributed by atoms with Gasteiger partial charge in [-0.25, -0.2) is 13.4 Å². The Morgan fingerprint density at radius 2 is 1.84 bits per heavy atom. The van der Waals surface area contributed by atoms with E-state index in [1.165, 1.54) is 33.3 Å². The standard InChI is InChI=1S/C23H25N3O4S2/c1-16(2)17-6-8-18(9-7-17)21-15-31-23(24-21)25-22(27)19-4-3-5-20(14-19)32(28,29)26-10-12-30-13-11-26/h3-9,14-16H,10-13H2,1-2H3,(H,24,25,27). The summed E-state index contributed by atoms with van der Waals surface area (Å²) in [5.41, 5.74) is 3.27. The van der Waals surface area contributed by atoms with Crippen molar-refractivity contribution in [3.63, 3.8) is 0 Å². The first-order valence-electron chi connectivity index (χ1n) is 10.4. The number of sulfonamides is 1. The highest BCUT2D eigenvalue weighted by Gasteiger charge is 2.27. The zero-order valence-electron chi connectivity index (χ0n) is 17.9. The van der Waals surface area contributed by atoms with Crippen molar-refractivity contribution in [3.05, 3.63) is 65.0 Å². The first-order valence-corrected chi connectivity index (χ1v) is 12.7. The number of aromatic nitrogens is 1. The molecule has 7 nitrogen and oxygen atoms in total. The SMILES string of the molecule is CC(C)c1ccc(-c2csc(NC(=O)c3cccc(S(=O)(=O)N4CCOCC4)c3)n2)cc1. The van der Waals surface area contributed by atoms with E-state index in [2.05, 4.69) is 36.3 Å². The van der Waals surface area contributed by atoms with Gasteiger partial charge in [-0.3, -0.25) is 10.1 Å². The van der Waals surface area contributed by atoms with Gasteiger partial charge in [-0.05, 0) is 29.7 Å². The van der Waals surface area contributed by atoms with Crippen LogP contribution in [-0.4, -0.2) is 49.9 Å². The Balaban J connectivity index is 1.48. The molecule has 1 amide bonds. The van der Waals surface area contributed by atoms with Gasteiger partial charge in [0.25, 0.3) is 5.91 Å². The van der Waals surface area contributed by atoms with Crippen molar-refractivity contribution in [1.29, 1.82) is 0 Å². The number of benzene rings is 2. The normalized spacial score (nSPS) is 15.1. The van der Waals surface area contributed by atoms with Crippen molar-refractivity contribution in [2.45, 2.75) is 24.7 Å². The van der Waals surface area contributed by atoms with Crippen LogP contribution in [0.5, 0.6) is 0 Å². The number of amides is 1. The van der Waals surface area contributed by atoms with Crippen LogP contribution in [0.4, 0.5) is 5.13 Å². The highest BCUT2D eigenvalue weighted by Crippen LogP contribution is 2.27. The summed E-state index contributed by atoms with van der Waals surface area (Å²) in [5.74, 6) is 0.0530. The van der Waals surface area contributed by atoms with Crippen molar-refractivity contribution >= 4 is 32.4 Å². The molecule has 9 heteroatoms. The highest BCUT2D eigenvalue weighted by molar-refractivity contribution is 7.89. The molecule has 2 aromatic carbocycles. The molecule has 4 rings (SSSR count). The number of hydrogen-bond donors (Lipinski definition) is 1. The minimum Gasteiger partial charge on any atom is -0.379 e. The van der Waals surface area contributed by atoms with Crippen LogP contribution in [0.3, 0.4) is 0 Å². The molecular weight excluding hydrogens is 446 g/mol. The zero-order valence-corrected chi connectivity index (χ0v) is 19.6. The topological polar surface area (TPSA) is 88.6 Å². The van der Waals surface area contributed by atoms with Gasteiger partial charge in [0.15, 0.2) is 5.13 Å². The third-order valence-corrected chi connectivity index (χ3v) is 7.95. The number of nitrogens with one attached hydrogen (secondary N) is 1. The molecule has 1 fully saturated rings. The number of nitrogens with zero attached hydrogens (tertiary/aromatic N) is 2.